The zero-order valence-corrected chi connectivity index (χ0v) is 14.2. The van der Waals surface area contributed by atoms with Crippen LogP contribution in [0.15, 0.2) is 28.8 Å². The lowest BCUT2D eigenvalue weighted by Gasteiger charge is -2.08. The largest absolute Gasteiger partial charge is 0.481 e. The quantitative estimate of drug-likeness (QED) is 0.826. The van der Waals surface area contributed by atoms with Crippen molar-refractivity contribution < 1.29 is 27.2 Å². The van der Waals surface area contributed by atoms with Gasteiger partial charge >= 0.3 is 6.18 Å². The van der Waals surface area contributed by atoms with E-state index in [0.717, 1.165) is 17.7 Å². The van der Waals surface area contributed by atoms with Gasteiger partial charge in [0, 0.05) is 5.56 Å². The van der Waals surface area contributed by atoms with Crippen molar-refractivity contribution in [3.63, 3.8) is 0 Å². The van der Waals surface area contributed by atoms with Crippen molar-refractivity contribution in [2.24, 2.45) is 0 Å². The van der Waals surface area contributed by atoms with Gasteiger partial charge in [0.15, 0.2) is 0 Å². The molecular weight excluding hydrogens is 349 g/mol. The highest BCUT2D eigenvalue weighted by Gasteiger charge is 2.30. The molecule has 1 aromatic heterocycles. The van der Waals surface area contributed by atoms with Crippen molar-refractivity contribution in [1.29, 1.82) is 0 Å². The summed E-state index contributed by atoms with van der Waals surface area (Å²) < 4.78 is 47.9. The van der Waals surface area contributed by atoms with Crippen LogP contribution in [0, 0.1) is 25.7 Å². The zero-order valence-electron chi connectivity index (χ0n) is 14.2. The SMILES string of the molecule is Cc1noc(C)c1CC(=O)NCC#CCOc1cccc(C(F)(F)F)c1. The predicted molar refractivity (Wildman–Crippen MR) is 87.4 cm³/mol. The van der Waals surface area contributed by atoms with Crippen LogP contribution in [0.2, 0.25) is 0 Å². The molecule has 1 aromatic carbocycles. The molecule has 0 bridgehead atoms. The summed E-state index contributed by atoms with van der Waals surface area (Å²) in [5, 5.41) is 6.39. The molecule has 0 saturated carbocycles. The molecule has 1 N–H and O–H groups in total. The van der Waals surface area contributed by atoms with Crippen LogP contribution in [0.1, 0.15) is 22.6 Å². The number of benzene rings is 1. The molecule has 0 fully saturated rings. The first kappa shape index (κ1) is 19.4. The van der Waals surface area contributed by atoms with Gasteiger partial charge in [-0.2, -0.15) is 13.2 Å². The van der Waals surface area contributed by atoms with Crippen molar-refractivity contribution in [1.82, 2.24) is 10.5 Å². The van der Waals surface area contributed by atoms with E-state index in [1.165, 1.54) is 12.1 Å². The van der Waals surface area contributed by atoms with E-state index in [0.29, 0.717) is 11.5 Å². The summed E-state index contributed by atoms with van der Waals surface area (Å²) in [6.45, 7) is 3.51. The van der Waals surface area contributed by atoms with Gasteiger partial charge in [-0.25, -0.2) is 0 Å². The normalized spacial score (nSPS) is 10.8. The first-order valence-corrected chi connectivity index (χ1v) is 7.71. The minimum Gasteiger partial charge on any atom is -0.481 e. The first-order chi connectivity index (χ1) is 12.3. The summed E-state index contributed by atoms with van der Waals surface area (Å²) in [5.41, 5.74) is 0.621. The fourth-order valence-corrected chi connectivity index (χ4v) is 2.12. The van der Waals surface area contributed by atoms with Crippen molar-refractivity contribution in [2.75, 3.05) is 13.2 Å². The van der Waals surface area contributed by atoms with E-state index in [2.05, 4.69) is 22.3 Å². The number of carbonyl (C=O) groups is 1. The highest BCUT2D eigenvalue weighted by molar-refractivity contribution is 5.79. The molecule has 0 aliphatic rings. The summed E-state index contributed by atoms with van der Waals surface area (Å²) in [4.78, 5) is 11.8. The molecule has 5 nitrogen and oxygen atoms in total. The molecule has 0 radical (unpaired) electrons. The van der Waals surface area contributed by atoms with Crippen LogP contribution in [-0.4, -0.2) is 24.2 Å². The van der Waals surface area contributed by atoms with Gasteiger partial charge in [0.25, 0.3) is 0 Å². The number of carbonyl (C=O) groups excluding carboxylic acids is 1. The maximum absolute atomic E-state index is 12.6. The van der Waals surface area contributed by atoms with Crippen molar-refractivity contribution in [3.05, 3.63) is 46.8 Å². The maximum atomic E-state index is 12.6. The Morgan fingerprint density at radius 1 is 1.31 bits per heavy atom. The van der Waals surface area contributed by atoms with E-state index in [-0.39, 0.29) is 31.2 Å². The van der Waals surface area contributed by atoms with E-state index in [1.807, 2.05) is 0 Å². The lowest BCUT2D eigenvalue weighted by molar-refractivity contribution is -0.137. The highest BCUT2D eigenvalue weighted by atomic mass is 19.4. The van der Waals surface area contributed by atoms with Gasteiger partial charge in [-0.3, -0.25) is 4.79 Å². The summed E-state index contributed by atoms with van der Waals surface area (Å²) in [5.74, 6) is 5.75. The maximum Gasteiger partial charge on any atom is 0.416 e. The number of hydrogen-bond donors (Lipinski definition) is 1. The van der Waals surface area contributed by atoms with E-state index in [1.54, 1.807) is 13.8 Å². The number of amides is 1. The van der Waals surface area contributed by atoms with Crippen molar-refractivity contribution in [2.45, 2.75) is 26.4 Å². The molecule has 2 rings (SSSR count). The smallest absolute Gasteiger partial charge is 0.416 e. The molecule has 1 heterocycles. The molecule has 0 aliphatic heterocycles. The number of alkyl halides is 3. The molecule has 0 unspecified atom stereocenters. The van der Waals surface area contributed by atoms with Crippen LogP contribution in [0.5, 0.6) is 5.75 Å². The van der Waals surface area contributed by atoms with Gasteiger partial charge in [0.1, 0.15) is 18.1 Å². The van der Waals surface area contributed by atoms with Gasteiger partial charge in [-0.1, -0.05) is 23.1 Å². The monoisotopic (exact) mass is 366 g/mol. The lowest BCUT2D eigenvalue weighted by atomic mass is 10.1. The number of rotatable bonds is 5. The molecule has 138 valence electrons. The number of halogens is 3. The van der Waals surface area contributed by atoms with Crippen LogP contribution in [0.4, 0.5) is 13.2 Å². The number of ether oxygens (including phenoxy) is 1. The molecule has 8 heteroatoms. The topological polar surface area (TPSA) is 64.4 Å². The summed E-state index contributed by atoms with van der Waals surface area (Å²) in [6.07, 6.45) is -4.28. The van der Waals surface area contributed by atoms with E-state index in [4.69, 9.17) is 9.26 Å². The van der Waals surface area contributed by atoms with Crippen molar-refractivity contribution >= 4 is 5.91 Å². The number of hydrogen-bond acceptors (Lipinski definition) is 4. The van der Waals surface area contributed by atoms with Gasteiger partial charge in [-0.15, -0.1) is 0 Å². The third-order valence-electron chi connectivity index (χ3n) is 3.49. The van der Waals surface area contributed by atoms with E-state index >= 15 is 0 Å². The Morgan fingerprint density at radius 3 is 2.73 bits per heavy atom. The number of nitrogens with zero attached hydrogens (tertiary/aromatic N) is 1. The zero-order chi connectivity index (χ0) is 19.2. The predicted octanol–water partition coefficient (Wildman–Crippen LogP) is 3.05. The van der Waals surface area contributed by atoms with Crippen LogP contribution >= 0.6 is 0 Å². The van der Waals surface area contributed by atoms with Crippen LogP contribution in [-0.2, 0) is 17.4 Å². The Kier molecular flexibility index (Phi) is 6.28. The Bertz CT molecular complexity index is 813. The molecule has 0 spiro atoms. The summed E-state index contributed by atoms with van der Waals surface area (Å²) >= 11 is 0. The Labute approximate surface area is 148 Å². The molecule has 0 saturated heterocycles. The molecule has 0 aliphatic carbocycles. The fraction of sp³-hybridized carbons (Fsp3) is 0.333. The molecule has 1 amide bonds. The second-order valence-electron chi connectivity index (χ2n) is 5.42. The molecular formula is C18H17F3N2O3. The third-order valence-corrected chi connectivity index (χ3v) is 3.49. The second-order valence-corrected chi connectivity index (χ2v) is 5.42. The van der Waals surface area contributed by atoms with E-state index < -0.39 is 11.7 Å². The van der Waals surface area contributed by atoms with Gasteiger partial charge in [0.2, 0.25) is 5.91 Å². The van der Waals surface area contributed by atoms with E-state index in [9.17, 15) is 18.0 Å². The first-order valence-electron chi connectivity index (χ1n) is 7.71. The minimum absolute atomic E-state index is 0.0802. The second kappa shape index (κ2) is 8.43. The average Bonchev–Trinajstić information content (AvgIpc) is 2.89. The summed E-state index contributed by atoms with van der Waals surface area (Å²) in [7, 11) is 0. The fourth-order valence-electron chi connectivity index (χ4n) is 2.12. The third kappa shape index (κ3) is 5.55. The standard InChI is InChI=1S/C18H17F3N2O3/c1-12-16(13(2)26-23-12)11-17(24)22-8-3-4-9-25-15-7-5-6-14(10-15)18(19,20)21/h5-7,10H,8-9,11H2,1-2H3,(H,22,24). The van der Waals surface area contributed by atoms with Crippen LogP contribution in [0.25, 0.3) is 0 Å². The van der Waals surface area contributed by atoms with Gasteiger partial charge < -0.3 is 14.6 Å². The van der Waals surface area contributed by atoms with Crippen LogP contribution in [0.3, 0.4) is 0 Å². The number of aromatic nitrogens is 1. The highest BCUT2D eigenvalue weighted by Crippen LogP contribution is 2.31. The Hall–Kier alpha value is -2.95. The Morgan fingerprint density at radius 2 is 2.08 bits per heavy atom. The number of nitrogens with one attached hydrogen (secondary N) is 1. The molecule has 26 heavy (non-hydrogen) atoms. The summed E-state index contributed by atoms with van der Waals surface area (Å²) in [6, 6.07) is 4.56. The van der Waals surface area contributed by atoms with Gasteiger partial charge in [0.05, 0.1) is 24.2 Å². The molecule has 0 atom stereocenters. The molecule has 2 aromatic rings. The van der Waals surface area contributed by atoms with Crippen molar-refractivity contribution in [3.8, 4) is 17.6 Å². The van der Waals surface area contributed by atoms with Gasteiger partial charge in [-0.05, 0) is 32.0 Å². The number of aryl methyl sites for hydroxylation is 2. The average molecular weight is 366 g/mol. The minimum atomic E-state index is -4.42. The lowest BCUT2D eigenvalue weighted by Crippen LogP contribution is -2.25. The Balaban J connectivity index is 1.75. The van der Waals surface area contributed by atoms with Crippen LogP contribution < -0.4 is 10.1 Å².